The molecule has 0 aliphatic heterocycles. The summed E-state index contributed by atoms with van der Waals surface area (Å²) in [7, 11) is 0. The molecule has 4 heteroatoms. The zero-order valence-electron chi connectivity index (χ0n) is 11.7. The van der Waals surface area contributed by atoms with Crippen molar-refractivity contribution in [3.63, 3.8) is 0 Å². The second-order valence-corrected chi connectivity index (χ2v) is 6.28. The van der Waals surface area contributed by atoms with E-state index < -0.39 is 0 Å². The number of nitrogens with zero attached hydrogens (tertiary/aromatic N) is 2. The van der Waals surface area contributed by atoms with Gasteiger partial charge in [0.1, 0.15) is 0 Å². The quantitative estimate of drug-likeness (QED) is 0.847. The van der Waals surface area contributed by atoms with Gasteiger partial charge in [-0.2, -0.15) is 0 Å². The van der Waals surface area contributed by atoms with Crippen molar-refractivity contribution in [1.82, 2.24) is 9.97 Å². The van der Waals surface area contributed by atoms with Gasteiger partial charge in [0, 0.05) is 5.39 Å². The van der Waals surface area contributed by atoms with E-state index in [4.69, 9.17) is 17.3 Å². The number of hydrogen-bond donors (Lipinski definition) is 1. The van der Waals surface area contributed by atoms with Crippen LogP contribution in [-0.4, -0.2) is 9.97 Å². The van der Waals surface area contributed by atoms with E-state index in [9.17, 15) is 0 Å². The molecular weight excluding hydrogens is 270 g/mol. The number of hydrogen-bond acceptors (Lipinski definition) is 3. The second kappa shape index (κ2) is 5.66. The van der Waals surface area contributed by atoms with Crippen molar-refractivity contribution < 1.29 is 0 Å². The Hall–Kier alpha value is -1.19. The molecule has 1 aromatic heterocycles. The monoisotopic (exact) mass is 289 g/mol. The molecule has 1 heterocycles. The lowest BCUT2D eigenvalue weighted by Crippen LogP contribution is -2.26. The van der Waals surface area contributed by atoms with Gasteiger partial charge in [-0.25, -0.2) is 9.97 Å². The van der Waals surface area contributed by atoms with Gasteiger partial charge in [0.25, 0.3) is 0 Å². The zero-order valence-corrected chi connectivity index (χ0v) is 12.5. The Morgan fingerprint density at radius 3 is 2.60 bits per heavy atom. The Morgan fingerprint density at radius 2 is 1.85 bits per heavy atom. The lowest BCUT2D eigenvalue weighted by atomic mass is 9.78. The summed E-state index contributed by atoms with van der Waals surface area (Å²) >= 11 is 6.05. The van der Waals surface area contributed by atoms with Crippen LogP contribution in [0, 0.1) is 11.8 Å². The van der Waals surface area contributed by atoms with Crippen LogP contribution in [-0.2, 0) is 0 Å². The van der Waals surface area contributed by atoms with Gasteiger partial charge >= 0.3 is 0 Å². The number of benzene rings is 1. The van der Waals surface area contributed by atoms with E-state index >= 15 is 0 Å². The third kappa shape index (κ3) is 2.65. The van der Waals surface area contributed by atoms with Gasteiger partial charge < -0.3 is 5.73 Å². The third-order valence-electron chi connectivity index (χ3n) is 4.49. The topological polar surface area (TPSA) is 51.8 Å². The summed E-state index contributed by atoms with van der Waals surface area (Å²) in [5.74, 6) is 1.32. The SMILES string of the molecule is C[C@H]1CC[C@H](C(N)c2nc(Cl)nc3ccccc23)CC1. The lowest BCUT2D eigenvalue weighted by Gasteiger charge is -2.30. The summed E-state index contributed by atoms with van der Waals surface area (Å²) < 4.78 is 0. The summed E-state index contributed by atoms with van der Waals surface area (Å²) in [6, 6.07) is 7.91. The van der Waals surface area contributed by atoms with Gasteiger partial charge in [0.05, 0.1) is 17.3 Å². The minimum atomic E-state index is -0.0482. The van der Waals surface area contributed by atoms with E-state index in [1.165, 1.54) is 25.7 Å². The molecule has 3 rings (SSSR count). The molecule has 1 atom stereocenters. The first-order valence-corrected chi connectivity index (χ1v) is 7.70. The third-order valence-corrected chi connectivity index (χ3v) is 4.66. The highest BCUT2D eigenvalue weighted by Crippen LogP contribution is 2.36. The van der Waals surface area contributed by atoms with E-state index in [-0.39, 0.29) is 6.04 Å². The van der Waals surface area contributed by atoms with Crippen LogP contribution >= 0.6 is 11.6 Å². The molecule has 3 nitrogen and oxygen atoms in total. The summed E-state index contributed by atoms with van der Waals surface area (Å²) in [6.07, 6.45) is 4.88. The Kier molecular flexibility index (Phi) is 3.90. The van der Waals surface area contributed by atoms with Gasteiger partial charge in [0.2, 0.25) is 5.28 Å². The highest BCUT2D eigenvalue weighted by molar-refractivity contribution is 6.28. The molecule has 0 amide bonds. The van der Waals surface area contributed by atoms with Crippen molar-refractivity contribution >= 4 is 22.5 Å². The summed E-state index contributed by atoms with van der Waals surface area (Å²) in [4.78, 5) is 8.70. The number of para-hydroxylation sites is 1. The molecule has 1 aliphatic rings. The number of halogens is 1. The predicted octanol–water partition coefficient (Wildman–Crippen LogP) is 4.11. The molecule has 20 heavy (non-hydrogen) atoms. The average Bonchev–Trinajstić information content (AvgIpc) is 2.46. The van der Waals surface area contributed by atoms with E-state index in [2.05, 4.69) is 16.9 Å². The molecule has 0 bridgehead atoms. The number of fused-ring (bicyclic) bond motifs is 1. The summed E-state index contributed by atoms with van der Waals surface area (Å²) in [5, 5.41) is 1.32. The summed E-state index contributed by atoms with van der Waals surface area (Å²) in [5.41, 5.74) is 8.28. The van der Waals surface area contributed by atoms with Crippen LogP contribution in [0.4, 0.5) is 0 Å². The number of nitrogens with two attached hydrogens (primary N) is 1. The molecule has 1 aromatic carbocycles. The van der Waals surface area contributed by atoms with Gasteiger partial charge in [-0.3, -0.25) is 0 Å². The first kappa shape index (κ1) is 13.8. The van der Waals surface area contributed by atoms with Crippen molar-refractivity contribution in [1.29, 1.82) is 0 Å². The van der Waals surface area contributed by atoms with Crippen LogP contribution in [0.25, 0.3) is 10.9 Å². The molecule has 0 radical (unpaired) electrons. The fourth-order valence-electron chi connectivity index (χ4n) is 3.19. The molecule has 0 saturated heterocycles. The Morgan fingerprint density at radius 1 is 1.15 bits per heavy atom. The van der Waals surface area contributed by atoms with Crippen LogP contribution in [0.5, 0.6) is 0 Å². The molecule has 2 aromatic rings. The Bertz CT molecular complexity index is 606. The van der Waals surface area contributed by atoms with Crippen molar-refractivity contribution in [2.75, 3.05) is 0 Å². The van der Waals surface area contributed by atoms with Gasteiger partial charge in [0.15, 0.2) is 0 Å². The van der Waals surface area contributed by atoms with Gasteiger partial charge in [-0.15, -0.1) is 0 Å². The highest BCUT2D eigenvalue weighted by Gasteiger charge is 2.27. The fraction of sp³-hybridized carbons (Fsp3) is 0.500. The first-order chi connectivity index (χ1) is 9.65. The molecule has 0 spiro atoms. The zero-order chi connectivity index (χ0) is 14.1. The van der Waals surface area contributed by atoms with Gasteiger partial charge in [-0.05, 0) is 42.3 Å². The molecule has 1 fully saturated rings. The summed E-state index contributed by atoms with van der Waals surface area (Å²) in [6.45, 7) is 2.32. The maximum atomic E-state index is 6.50. The smallest absolute Gasteiger partial charge is 0.223 e. The maximum absolute atomic E-state index is 6.50. The average molecular weight is 290 g/mol. The fourth-order valence-corrected chi connectivity index (χ4v) is 3.38. The van der Waals surface area contributed by atoms with Gasteiger partial charge in [-0.1, -0.05) is 38.0 Å². The normalized spacial score (nSPS) is 24.8. The largest absolute Gasteiger partial charge is 0.322 e. The Labute approximate surface area is 124 Å². The minimum absolute atomic E-state index is 0.0482. The standard InChI is InChI=1S/C16H20ClN3/c1-10-6-8-11(9-7-10)14(18)15-12-4-2-3-5-13(12)19-16(17)20-15/h2-5,10-11,14H,6-9,18H2,1H3/t10-,11-,14?. The van der Waals surface area contributed by atoms with Crippen molar-refractivity contribution in [2.24, 2.45) is 17.6 Å². The molecule has 1 saturated carbocycles. The number of aromatic nitrogens is 2. The highest BCUT2D eigenvalue weighted by atomic mass is 35.5. The molecule has 2 N–H and O–H groups in total. The molecule has 106 valence electrons. The predicted molar refractivity (Wildman–Crippen MR) is 82.6 cm³/mol. The van der Waals surface area contributed by atoms with Crippen molar-refractivity contribution in [2.45, 2.75) is 38.6 Å². The Balaban J connectivity index is 1.96. The molecule has 1 aliphatic carbocycles. The molecular formula is C16H20ClN3. The van der Waals surface area contributed by atoms with E-state index in [1.54, 1.807) is 0 Å². The molecule has 1 unspecified atom stereocenters. The number of rotatable bonds is 2. The van der Waals surface area contributed by atoms with E-state index in [0.717, 1.165) is 22.5 Å². The van der Waals surface area contributed by atoms with Crippen molar-refractivity contribution in [3.05, 3.63) is 35.2 Å². The van der Waals surface area contributed by atoms with Crippen LogP contribution in [0.1, 0.15) is 44.3 Å². The minimum Gasteiger partial charge on any atom is -0.322 e. The first-order valence-electron chi connectivity index (χ1n) is 7.33. The van der Waals surface area contributed by atoms with E-state index in [1.807, 2.05) is 24.3 Å². The maximum Gasteiger partial charge on any atom is 0.223 e. The van der Waals surface area contributed by atoms with Crippen LogP contribution in [0.2, 0.25) is 5.28 Å². The lowest BCUT2D eigenvalue weighted by molar-refractivity contribution is 0.254. The van der Waals surface area contributed by atoms with Crippen molar-refractivity contribution in [3.8, 4) is 0 Å². The second-order valence-electron chi connectivity index (χ2n) is 5.94. The van der Waals surface area contributed by atoms with Crippen LogP contribution in [0.3, 0.4) is 0 Å². The van der Waals surface area contributed by atoms with E-state index in [0.29, 0.717) is 11.2 Å². The van der Waals surface area contributed by atoms with Crippen LogP contribution in [0.15, 0.2) is 24.3 Å². The van der Waals surface area contributed by atoms with Crippen LogP contribution < -0.4 is 5.73 Å².